The molecule has 0 saturated heterocycles. The molecule has 0 saturated carbocycles. The summed E-state index contributed by atoms with van der Waals surface area (Å²) in [6, 6.07) is 7.68. The lowest BCUT2D eigenvalue weighted by atomic mass is 10.1. The minimum Gasteiger partial charge on any atom is -0.336 e. The summed E-state index contributed by atoms with van der Waals surface area (Å²) in [5.41, 5.74) is 3.76. The zero-order valence-corrected chi connectivity index (χ0v) is 13.8. The predicted octanol–water partition coefficient (Wildman–Crippen LogP) is 2.64. The van der Waals surface area contributed by atoms with E-state index < -0.39 is 0 Å². The molecule has 0 unspecified atom stereocenters. The zero-order chi connectivity index (χ0) is 16.9. The minimum absolute atomic E-state index is 0.103. The number of rotatable bonds is 5. The average molecular weight is 321 g/mol. The molecule has 3 aromatic rings. The highest BCUT2D eigenvalue weighted by molar-refractivity contribution is 5.94. The van der Waals surface area contributed by atoms with Crippen molar-refractivity contribution in [1.82, 2.24) is 24.8 Å². The van der Waals surface area contributed by atoms with E-state index >= 15 is 0 Å². The average Bonchev–Trinajstić information content (AvgIpc) is 2.62. The van der Waals surface area contributed by atoms with E-state index in [-0.39, 0.29) is 5.91 Å². The molecule has 6 nitrogen and oxygen atoms in total. The van der Waals surface area contributed by atoms with E-state index in [1.165, 1.54) is 6.33 Å². The molecule has 24 heavy (non-hydrogen) atoms. The van der Waals surface area contributed by atoms with Gasteiger partial charge in [-0.25, -0.2) is 15.0 Å². The first-order valence-electron chi connectivity index (χ1n) is 7.94. The first-order chi connectivity index (χ1) is 11.7. The van der Waals surface area contributed by atoms with Gasteiger partial charge in [0.15, 0.2) is 0 Å². The van der Waals surface area contributed by atoms with E-state index in [0.717, 1.165) is 35.3 Å². The molecule has 0 aliphatic rings. The van der Waals surface area contributed by atoms with Crippen molar-refractivity contribution in [2.24, 2.45) is 0 Å². The SMILES string of the molecule is CCCc1ncncc1C(=O)N(C)Cc1cnc2ccccc2n1. The Morgan fingerprint density at radius 1 is 1.12 bits per heavy atom. The van der Waals surface area contributed by atoms with E-state index in [0.29, 0.717) is 12.1 Å². The van der Waals surface area contributed by atoms with Crippen LogP contribution < -0.4 is 0 Å². The molecular weight excluding hydrogens is 302 g/mol. The van der Waals surface area contributed by atoms with Crippen LogP contribution in [0.4, 0.5) is 0 Å². The Kier molecular flexibility index (Phi) is 4.74. The molecule has 0 aliphatic carbocycles. The molecule has 0 fully saturated rings. The molecule has 122 valence electrons. The van der Waals surface area contributed by atoms with Crippen molar-refractivity contribution in [3.8, 4) is 0 Å². The van der Waals surface area contributed by atoms with E-state index in [4.69, 9.17) is 0 Å². The molecule has 6 heteroatoms. The number of benzene rings is 1. The van der Waals surface area contributed by atoms with Gasteiger partial charge in [-0.3, -0.25) is 9.78 Å². The largest absolute Gasteiger partial charge is 0.336 e. The Morgan fingerprint density at radius 3 is 2.71 bits per heavy atom. The second kappa shape index (κ2) is 7.12. The summed E-state index contributed by atoms with van der Waals surface area (Å²) in [6.07, 6.45) is 6.46. The highest BCUT2D eigenvalue weighted by Crippen LogP contribution is 2.13. The van der Waals surface area contributed by atoms with Gasteiger partial charge in [-0.2, -0.15) is 0 Å². The molecule has 0 aliphatic heterocycles. The lowest BCUT2D eigenvalue weighted by molar-refractivity contribution is 0.0781. The standard InChI is InChI=1S/C18H19N5O/c1-3-6-15-14(10-19-12-21-15)18(24)23(2)11-13-9-20-16-7-4-5-8-17(16)22-13/h4-5,7-10,12H,3,6,11H2,1-2H3. The molecule has 0 atom stereocenters. The molecule has 0 radical (unpaired) electrons. The summed E-state index contributed by atoms with van der Waals surface area (Å²) in [5, 5.41) is 0. The van der Waals surface area contributed by atoms with Crippen LogP contribution >= 0.6 is 0 Å². The molecule has 1 amide bonds. The lowest BCUT2D eigenvalue weighted by Gasteiger charge is -2.18. The van der Waals surface area contributed by atoms with Crippen molar-refractivity contribution in [2.75, 3.05) is 7.05 Å². The summed E-state index contributed by atoms with van der Waals surface area (Å²) in [4.78, 5) is 31.5. The van der Waals surface area contributed by atoms with Crippen LogP contribution in [0.3, 0.4) is 0 Å². The number of aromatic nitrogens is 4. The van der Waals surface area contributed by atoms with Gasteiger partial charge in [0.1, 0.15) is 6.33 Å². The van der Waals surface area contributed by atoms with Gasteiger partial charge in [-0.15, -0.1) is 0 Å². The fraction of sp³-hybridized carbons (Fsp3) is 0.278. The normalized spacial score (nSPS) is 10.8. The maximum absolute atomic E-state index is 12.7. The highest BCUT2D eigenvalue weighted by Gasteiger charge is 2.17. The van der Waals surface area contributed by atoms with Crippen molar-refractivity contribution in [3.63, 3.8) is 0 Å². The molecule has 0 N–H and O–H groups in total. The van der Waals surface area contributed by atoms with Gasteiger partial charge < -0.3 is 4.90 Å². The van der Waals surface area contributed by atoms with Crippen molar-refractivity contribution in [2.45, 2.75) is 26.3 Å². The van der Waals surface area contributed by atoms with Crippen LogP contribution in [0.1, 0.15) is 35.1 Å². The number of amides is 1. The molecule has 0 bridgehead atoms. The molecule has 2 heterocycles. The zero-order valence-electron chi connectivity index (χ0n) is 13.8. The third kappa shape index (κ3) is 3.37. The predicted molar refractivity (Wildman–Crippen MR) is 91.4 cm³/mol. The van der Waals surface area contributed by atoms with Gasteiger partial charge in [0.25, 0.3) is 5.91 Å². The van der Waals surface area contributed by atoms with Crippen molar-refractivity contribution >= 4 is 16.9 Å². The van der Waals surface area contributed by atoms with Crippen LogP contribution in [0.25, 0.3) is 11.0 Å². The second-order valence-corrected chi connectivity index (χ2v) is 5.64. The number of nitrogens with zero attached hydrogens (tertiary/aromatic N) is 5. The van der Waals surface area contributed by atoms with Crippen molar-refractivity contribution in [3.05, 3.63) is 59.9 Å². The summed E-state index contributed by atoms with van der Waals surface area (Å²) in [5.74, 6) is -0.103. The summed E-state index contributed by atoms with van der Waals surface area (Å²) in [7, 11) is 1.75. The van der Waals surface area contributed by atoms with E-state index in [1.54, 1.807) is 24.3 Å². The molecule has 1 aromatic carbocycles. The van der Waals surface area contributed by atoms with E-state index in [1.807, 2.05) is 24.3 Å². The van der Waals surface area contributed by atoms with Crippen LogP contribution in [-0.4, -0.2) is 37.8 Å². The number of carbonyl (C=O) groups excluding carboxylic acids is 1. The van der Waals surface area contributed by atoms with Crippen molar-refractivity contribution < 1.29 is 4.79 Å². The number of aryl methyl sites for hydroxylation is 1. The summed E-state index contributed by atoms with van der Waals surface area (Å²) >= 11 is 0. The van der Waals surface area contributed by atoms with Gasteiger partial charge in [-0.05, 0) is 18.6 Å². The molecule has 3 rings (SSSR count). The first kappa shape index (κ1) is 16.0. The first-order valence-corrected chi connectivity index (χ1v) is 7.94. The highest BCUT2D eigenvalue weighted by atomic mass is 16.2. The summed E-state index contributed by atoms with van der Waals surface area (Å²) < 4.78 is 0. The maximum Gasteiger partial charge on any atom is 0.257 e. The number of fused-ring (bicyclic) bond motifs is 1. The third-order valence-corrected chi connectivity index (χ3v) is 3.76. The second-order valence-electron chi connectivity index (χ2n) is 5.64. The van der Waals surface area contributed by atoms with Crippen LogP contribution in [0.2, 0.25) is 0 Å². The van der Waals surface area contributed by atoms with Crippen LogP contribution in [-0.2, 0) is 13.0 Å². The molecule has 2 aromatic heterocycles. The molecular formula is C18H19N5O. The smallest absolute Gasteiger partial charge is 0.257 e. The quantitative estimate of drug-likeness (QED) is 0.722. The van der Waals surface area contributed by atoms with E-state index in [2.05, 4.69) is 26.9 Å². The van der Waals surface area contributed by atoms with Crippen LogP contribution in [0.15, 0.2) is 43.0 Å². The Balaban J connectivity index is 1.80. The summed E-state index contributed by atoms with van der Waals surface area (Å²) in [6.45, 7) is 2.45. The number of hydrogen-bond acceptors (Lipinski definition) is 5. The van der Waals surface area contributed by atoms with Crippen LogP contribution in [0, 0.1) is 0 Å². The van der Waals surface area contributed by atoms with Gasteiger partial charge in [-0.1, -0.05) is 25.5 Å². The third-order valence-electron chi connectivity index (χ3n) is 3.76. The van der Waals surface area contributed by atoms with Gasteiger partial charge in [0.2, 0.25) is 0 Å². The maximum atomic E-state index is 12.7. The fourth-order valence-corrected chi connectivity index (χ4v) is 2.56. The monoisotopic (exact) mass is 321 g/mol. The Hall–Kier alpha value is -2.89. The number of hydrogen-bond donors (Lipinski definition) is 0. The molecule has 0 spiro atoms. The topological polar surface area (TPSA) is 71.9 Å². The Labute approximate surface area is 140 Å². The Morgan fingerprint density at radius 2 is 1.92 bits per heavy atom. The minimum atomic E-state index is -0.103. The van der Waals surface area contributed by atoms with Crippen molar-refractivity contribution in [1.29, 1.82) is 0 Å². The van der Waals surface area contributed by atoms with E-state index in [9.17, 15) is 4.79 Å². The lowest BCUT2D eigenvalue weighted by Crippen LogP contribution is -2.28. The number of para-hydroxylation sites is 2. The fourth-order valence-electron chi connectivity index (χ4n) is 2.56. The Bertz CT molecular complexity index is 865. The van der Waals surface area contributed by atoms with Gasteiger partial charge in [0.05, 0.1) is 40.7 Å². The number of carbonyl (C=O) groups is 1. The van der Waals surface area contributed by atoms with Crippen LogP contribution in [0.5, 0.6) is 0 Å². The van der Waals surface area contributed by atoms with Gasteiger partial charge in [0, 0.05) is 13.2 Å². The van der Waals surface area contributed by atoms with Gasteiger partial charge >= 0.3 is 0 Å².